The zero-order valence-corrected chi connectivity index (χ0v) is 20.2. The summed E-state index contributed by atoms with van der Waals surface area (Å²) in [5.41, 5.74) is 0. The Balaban J connectivity index is 3.38. The minimum atomic E-state index is -1.02. The van der Waals surface area contributed by atoms with Crippen molar-refractivity contribution in [3.05, 3.63) is 0 Å². The van der Waals surface area contributed by atoms with Crippen molar-refractivity contribution >= 4 is 5.97 Å². The summed E-state index contributed by atoms with van der Waals surface area (Å²) in [6, 6.07) is 0. The summed E-state index contributed by atoms with van der Waals surface area (Å²) in [5, 5.41) is 10.9. The van der Waals surface area contributed by atoms with Crippen molar-refractivity contribution in [2.75, 3.05) is 34.3 Å². The lowest BCUT2D eigenvalue weighted by Crippen LogP contribution is -2.44. The first kappa shape index (κ1) is 28.4. The average molecular weight is 414 g/mol. The minimum Gasteiger partial charge on any atom is -0.550 e. The van der Waals surface area contributed by atoms with E-state index >= 15 is 0 Å². The normalized spacial score (nSPS) is 13.0. The molecule has 0 radical (unpaired) electrons. The van der Waals surface area contributed by atoms with E-state index in [0.29, 0.717) is 17.6 Å². The van der Waals surface area contributed by atoms with Crippen molar-refractivity contribution in [1.29, 1.82) is 0 Å². The van der Waals surface area contributed by atoms with Crippen molar-refractivity contribution in [2.24, 2.45) is 0 Å². The van der Waals surface area contributed by atoms with E-state index < -0.39 is 5.97 Å². The molecule has 1 atom stereocenters. The van der Waals surface area contributed by atoms with Crippen LogP contribution in [-0.2, 0) is 9.53 Å². The van der Waals surface area contributed by atoms with Gasteiger partial charge >= 0.3 is 0 Å². The number of quaternary nitrogens is 1. The molecule has 0 aliphatic carbocycles. The summed E-state index contributed by atoms with van der Waals surface area (Å²) in [7, 11) is 6.17. The highest BCUT2D eigenvalue weighted by Crippen LogP contribution is 2.14. The fraction of sp³-hybridized carbons (Fsp3) is 0.960. The van der Waals surface area contributed by atoms with Crippen molar-refractivity contribution in [3.63, 3.8) is 0 Å². The molecule has 0 saturated heterocycles. The van der Waals surface area contributed by atoms with Gasteiger partial charge in [0.25, 0.3) is 0 Å². The lowest BCUT2D eigenvalue weighted by Gasteiger charge is -2.29. The van der Waals surface area contributed by atoms with E-state index in [-0.39, 0.29) is 12.5 Å². The quantitative estimate of drug-likeness (QED) is 0.174. The van der Waals surface area contributed by atoms with E-state index in [1.807, 2.05) is 0 Å². The molecule has 1 unspecified atom stereocenters. The Labute approximate surface area is 182 Å². The Morgan fingerprint density at radius 2 is 1.10 bits per heavy atom. The molecule has 0 N–H and O–H groups in total. The van der Waals surface area contributed by atoms with Gasteiger partial charge in [-0.2, -0.15) is 0 Å². The summed E-state index contributed by atoms with van der Waals surface area (Å²) >= 11 is 0. The van der Waals surface area contributed by atoms with Gasteiger partial charge in [0.05, 0.1) is 21.1 Å². The third-order valence-corrected chi connectivity index (χ3v) is 5.50. The molecule has 0 bridgehead atoms. The van der Waals surface area contributed by atoms with Crippen LogP contribution in [0.1, 0.15) is 116 Å². The molecule has 0 aromatic rings. The van der Waals surface area contributed by atoms with Crippen LogP contribution in [0.4, 0.5) is 0 Å². The number of carboxylic acid groups (broad SMARTS) is 1. The number of nitrogens with zero attached hydrogens (tertiary/aromatic N) is 1. The monoisotopic (exact) mass is 413 g/mol. The molecule has 0 rings (SSSR count). The summed E-state index contributed by atoms with van der Waals surface area (Å²) in [4.78, 5) is 10.9. The van der Waals surface area contributed by atoms with Gasteiger partial charge in [0.2, 0.25) is 0 Å². The van der Waals surface area contributed by atoms with Crippen LogP contribution in [0.5, 0.6) is 0 Å². The van der Waals surface area contributed by atoms with Crippen LogP contribution in [0, 0.1) is 0 Å². The number of ether oxygens (including phenoxy) is 1. The third kappa shape index (κ3) is 23.5. The first-order valence-corrected chi connectivity index (χ1v) is 12.5. The van der Waals surface area contributed by atoms with E-state index in [1.165, 1.54) is 96.3 Å². The third-order valence-electron chi connectivity index (χ3n) is 5.50. The summed E-state index contributed by atoms with van der Waals surface area (Å²) < 4.78 is 6.52. The summed E-state index contributed by atoms with van der Waals surface area (Å²) in [6.07, 6.45) is 21.4. The maximum Gasteiger partial charge on any atom is 0.112 e. The van der Waals surface area contributed by atoms with E-state index in [0.717, 1.165) is 6.42 Å². The van der Waals surface area contributed by atoms with Gasteiger partial charge in [-0.15, -0.1) is 0 Å². The number of carbonyl (C=O) groups is 1. The fourth-order valence-corrected chi connectivity index (χ4v) is 3.87. The van der Waals surface area contributed by atoms with Crippen LogP contribution in [0.25, 0.3) is 0 Å². The first-order valence-electron chi connectivity index (χ1n) is 12.5. The lowest BCUT2D eigenvalue weighted by molar-refractivity contribution is -0.873. The number of carbonyl (C=O) groups excluding carboxylic acids is 1. The van der Waals surface area contributed by atoms with E-state index in [1.54, 1.807) is 0 Å². The molecule has 0 aliphatic heterocycles. The van der Waals surface area contributed by atoms with Crippen LogP contribution < -0.4 is 5.11 Å². The molecular weight excluding hydrogens is 362 g/mol. The van der Waals surface area contributed by atoms with Gasteiger partial charge in [0.15, 0.2) is 0 Å². The molecule has 0 amide bonds. The number of rotatable bonds is 22. The van der Waals surface area contributed by atoms with Crippen molar-refractivity contribution in [3.8, 4) is 0 Å². The zero-order chi connectivity index (χ0) is 21.8. The second-order valence-corrected chi connectivity index (χ2v) is 9.85. The second-order valence-electron chi connectivity index (χ2n) is 9.85. The van der Waals surface area contributed by atoms with Crippen LogP contribution in [0.15, 0.2) is 0 Å². The standard InChI is InChI=1S/C25H51NO3/c1-5-6-7-8-9-10-11-12-13-14-15-16-17-18-19-20-21-29-24(22-25(27)28)23-26(2,3)4/h24H,5-23H2,1-4H3. The van der Waals surface area contributed by atoms with Crippen LogP contribution >= 0.6 is 0 Å². The predicted octanol–water partition coefficient (Wildman–Crippen LogP) is 5.48. The molecule has 0 saturated carbocycles. The number of unbranched alkanes of at least 4 members (excludes halogenated alkanes) is 15. The predicted molar refractivity (Wildman–Crippen MR) is 122 cm³/mol. The Morgan fingerprint density at radius 1 is 0.724 bits per heavy atom. The van der Waals surface area contributed by atoms with Crippen LogP contribution in [-0.4, -0.2) is 50.9 Å². The van der Waals surface area contributed by atoms with Crippen LogP contribution in [0.2, 0.25) is 0 Å². The smallest absolute Gasteiger partial charge is 0.112 e. The SMILES string of the molecule is CCCCCCCCCCCCCCCCCCOC(CC(=O)[O-])C[N+](C)(C)C. The topological polar surface area (TPSA) is 49.4 Å². The van der Waals surface area contributed by atoms with E-state index in [4.69, 9.17) is 4.74 Å². The number of likely N-dealkylation sites (N-methyl/N-ethyl adjacent to an activating group) is 1. The van der Waals surface area contributed by atoms with Gasteiger partial charge in [0.1, 0.15) is 12.6 Å². The second kappa shape index (κ2) is 19.4. The molecule has 29 heavy (non-hydrogen) atoms. The van der Waals surface area contributed by atoms with Gasteiger partial charge in [-0.3, -0.25) is 0 Å². The zero-order valence-electron chi connectivity index (χ0n) is 20.2. The van der Waals surface area contributed by atoms with E-state index in [2.05, 4.69) is 28.1 Å². The van der Waals surface area contributed by atoms with Gasteiger partial charge in [0, 0.05) is 19.0 Å². The van der Waals surface area contributed by atoms with Gasteiger partial charge < -0.3 is 19.1 Å². The Morgan fingerprint density at radius 3 is 1.45 bits per heavy atom. The van der Waals surface area contributed by atoms with Crippen molar-refractivity contribution < 1.29 is 19.1 Å². The lowest BCUT2D eigenvalue weighted by atomic mass is 10.0. The summed E-state index contributed by atoms with van der Waals surface area (Å²) in [6.45, 7) is 3.64. The van der Waals surface area contributed by atoms with Crippen molar-refractivity contribution in [2.45, 2.75) is 122 Å². The molecule has 0 spiro atoms. The molecule has 4 nitrogen and oxygen atoms in total. The maximum absolute atomic E-state index is 10.9. The summed E-state index contributed by atoms with van der Waals surface area (Å²) in [5.74, 6) is -1.02. The molecule has 0 aromatic heterocycles. The largest absolute Gasteiger partial charge is 0.550 e. The number of carboxylic acids is 1. The molecule has 4 heteroatoms. The fourth-order valence-electron chi connectivity index (χ4n) is 3.87. The Kier molecular flexibility index (Phi) is 19.0. The number of hydrogen-bond acceptors (Lipinski definition) is 3. The highest BCUT2D eigenvalue weighted by Gasteiger charge is 2.18. The van der Waals surface area contributed by atoms with Crippen molar-refractivity contribution in [1.82, 2.24) is 0 Å². The maximum atomic E-state index is 10.9. The molecule has 0 heterocycles. The van der Waals surface area contributed by atoms with Gasteiger partial charge in [-0.25, -0.2) is 0 Å². The average Bonchev–Trinajstić information content (AvgIpc) is 2.62. The number of hydrogen-bond donors (Lipinski definition) is 0. The highest BCUT2D eigenvalue weighted by molar-refractivity contribution is 5.64. The van der Waals surface area contributed by atoms with Gasteiger partial charge in [-0.1, -0.05) is 103 Å². The Hall–Kier alpha value is -0.610. The van der Waals surface area contributed by atoms with Gasteiger partial charge in [-0.05, 0) is 6.42 Å². The Bertz CT molecular complexity index is 366. The molecule has 0 aromatic carbocycles. The highest BCUT2D eigenvalue weighted by atomic mass is 16.5. The molecule has 0 fully saturated rings. The molecule has 0 aliphatic rings. The molecule has 174 valence electrons. The number of aliphatic carboxylic acids is 1. The minimum absolute atomic E-state index is 0.00558. The first-order chi connectivity index (χ1) is 13.8. The molecular formula is C25H51NO3. The van der Waals surface area contributed by atoms with Crippen LogP contribution in [0.3, 0.4) is 0 Å². The van der Waals surface area contributed by atoms with E-state index in [9.17, 15) is 9.90 Å².